The van der Waals surface area contributed by atoms with Gasteiger partial charge in [-0.25, -0.2) is 4.98 Å². The van der Waals surface area contributed by atoms with E-state index in [1.165, 1.54) is 3.57 Å². The Balaban J connectivity index is 2.10. The van der Waals surface area contributed by atoms with Crippen LogP contribution in [0.2, 0.25) is 0 Å². The fourth-order valence-corrected chi connectivity index (χ4v) is 2.80. The number of nitrogens with one attached hydrogen (secondary N) is 1. The minimum Gasteiger partial charge on any atom is -0.444 e. The van der Waals surface area contributed by atoms with E-state index in [9.17, 15) is 0 Å². The van der Waals surface area contributed by atoms with Crippen molar-refractivity contribution in [2.75, 3.05) is 0 Å². The number of rotatable bonds is 2. The lowest BCUT2D eigenvalue weighted by molar-refractivity contribution is 0.458. The summed E-state index contributed by atoms with van der Waals surface area (Å²) in [5.74, 6) is 1.54. The van der Waals surface area contributed by atoms with Crippen LogP contribution in [0.1, 0.15) is 17.3 Å². The number of fused-ring (bicyclic) bond motifs is 1. The summed E-state index contributed by atoms with van der Waals surface area (Å²) in [7, 11) is 0. The summed E-state index contributed by atoms with van der Waals surface area (Å²) in [4.78, 5) is 7.61. The Kier molecular flexibility index (Phi) is 3.22. The molecule has 0 fully saturated rings. The number of oxazole rings is 1. The highest BCUT2D eigenvalue weighted by molar-refractivity contribution is 14.1. The average molecular weight is 385 g/mol. The molecule has 4 nitrogen and oxygen atoms in total. The predicted octanol–water partition coefficient (Wildman–Crippen LogP) is 3.96. The molecule has 98 valence electrons. The molecule has 0 bridgehead atoms. The van der Waals surface area contributed by atoms with E-state index in [0.717, 1.165) is 22.5 Å². The van der Waals surface area contributed by atoms with Crippen molar-refractivity contribution in [3.05, 3.63) is 43.9 Å². The maximum absolute atomic E-state index is 5.62. The van der Waals surface area contributed by atoms with Crippen LogP contribution in [0.25, 0.3) is 11.0 Å². The lowest BCUT2D eigenvalue weighted by Crippen LogP contribution is -1.99. The number of halogens is 1. The lowest BCUT2D eigenvalue weighted by atomic mass is 10.3. The van der Waals surface area contributed by atoms with Gasteiger partial charge in [-0.05, 0) is 66.9 Å². The number of H-pyrrole nitrogens is 1. The molecule has 3 aromatic rings. The third-order valence-corrected chi connectivity index (χ3v) is 4.10. The predicted molar refractivity (Wildman–Crippen MR) is 84.9 cm³/mol. The van der Waals surface area contributed by atoms with Crippen molar-refractivity contribution in [1.29, 1.82) is 0 Å². The van der Waals surface area contributed by atoms with Gasteiger partial charge in [0.05, 0.1) is 16.7 Å². The van der Waals surface area contributed by atoms with Gasteiger partial charge in [0.25, 0.3) is 0 Å². The number of benzene rings is 1. The van der Waals surface area contributed by atoms with Crippen molar-refractivity contribution < 1.29 is 4.42 Å². The van der Waals surface area contributed by atoms with Crippen LogP contribution in [-0.2, 0) is 6.54 Å². The van der Waals surface area contributed by atoms with Crippen LogP contribution in [-0.4, -0.2) is 14.5 Å². The zero-order valence-electron chi connectivity index (χ0n) is 10.5. The van der Waals surface area contributed by atoms with Gasteiger partial charge in [0.15, 0.2) is 4.77 Å². The lowest BCUT2D eigenvalue weighted by Gasteiger charge is -2.00. The van der Waals surface area contributed by atoms with Gasteiger partial charge in [-0.2, -0.15) is 0 Å². The zero-order valence-corrected chi connectivity index (χ0v) is 13.5. The number of aromatic nitrogens is 3. The van der Waals surface area contributed by atoms with Crippen molar-refractivity contribution >= 4 is 45.8 Å². The first kappa shape index (κ1) is 12.9. The Hall–Kier alpha value is -1.15. The number of aromatic amines is 1. The van der Waals surface area contributed by atoms with E-state index in [1.807, 2.05) is 18.4 Å². The highest BCUT2D eigenvalue weighted by Gasteiger charge is 2.10. The molecular formula is C13H12IN3OS. The fraction of sp³-hybridized carbons (Fsp3) is 0.231. The van der Waals surface area contributed by atoms with Crippen LogP contribution >= 0.6 is 34.8 Å². The molecule has 1 aromatic carbocycles. The summed E-state index contributed by atoms with van der Waals surface area (Å²) >= 11 is 7.66. The molecule has 0 radical (unpaired) electrons. The molecule has 2 aromatic heterocycles. The minimum atomic E-state index is 0.550. The zero-order chi connectivity index (χ0) is 13.6. The molecule has 3 rings (SSSR count). The molecule has 2 heterocycles. The molecule has 0 aliphatic heterocycles. The molecular weight excluding hydrogens is 373 g/mol. The van der Waals surface area contributed by atoms with Crippen LogP contribution in [0.4, 0.5) is 0 Å². The molecule has 0 unspecified atom stereocenters. The van der Waals surface area contributed by atoms with Crippen molar-refractivity contribution in [2.45, 2.75) is 20.4 Å². The Bertz CT molecular complexity index is 796. The van der Waals surface area contributed by atoms with E-state index < -0.39 is 0 Å². The highest BCUT2D eigenvalue weighted by atomic mass is 127. The van der Waals surface area contributed by atoms with Gasteiger partial charge >= 0.3 is 0 Å². The first-order chi connectivity index (χ1) is 9.04. The number of aryl methyl sites for hydroxylation is 2. The van der Waals surface area contributed by atoms with Gasteiger partial charge in [0.2, 0.25) is 5.89 Å². The number of nitrogens with zero attached hydrogens (tertiary/aromatic N) is 2. The number of hydrogen-bond donors (Lipinski definition) is 1. The molecule has 0 atom stereocenters. The molecule has 1 N–H and O–H groups in total. The van der Waals surface area contributed by atoms with Gasteiger partial charge < -0.3 is 14.0 Å². The summed E-state index contributed by atoms with van der Waals surface area (Å²) in [6, 6.07) is 6.20. The largest absolute Gasteiger partial charge is 0.444 e. The van der Waals surface area contributed by atoms with E-state index in [-0.39, 0.29) is 0 Å². The quantitative estimate of drug-likeness (QED) is 0.537. The Morgan fingerprint density at radius 2 is 2.21 bits per heavy atom. The van der Waals surface area contributed by atoms with Crippen LogP contribution in [0.3, 0.4) is 0 Å². The summed E-state index contributed by atoms with van der Waals surface area (Å²) in [5, 5.41) is 0. The van der Waals surface area contributed by atoms with Gasteiger partial charge in [-0.3, -0.25) is 0 Å². The molecule has 6 heteroatoms. The maximum Gasteiger partial charge on any atom is 0.214 e. The van der Waals surface area contributed by atoms with Gasteiger partial charge in [0.1, 0.15) is 12.3 Å². The topological polar surface area (TPSA) is 46.8 Å². The van der Waals surface area contributed by atoms with E-state index in [2.05, 4.69) is 50.8 Å². The summed E-state index contributed by atoms with van der Waals surface area (Å²) in [6.45, 7) is 4.41. The first-order valence-electron chi connectivity index (χ1n) is 5.85. The second-order valence-electron chi connectivity index (χ2n) is 4.43. The van der Waals surface area contributed by atoms with Crippen LogP contribution < -0.4 is 0 Å². The van der Waals surface area contributed by atoms with E-state index in [1.54, 1.807) is 0 Å². The first-order valence-corrected chi connectivity index (χ1v) is 7.34. The second-order valence-corrected chi connectivity index (χ2v) is 6.06. The number of hydrogen-bond acceptors (Lipinski definition) is 3. The smallest absolute Gasteiger partial charge is 0.214 e. The van der Waals surface area contributed by atoms with Gasteiger partial charge in [-0.15, -0.1) is 0 Å². The normalized spacial score (nSPS) is 11.3. The number of imidazole rings is 1. The molecule has 0 saturated heterocycles. The molecule has 0 amide bonds. The van der Waals surface area contributed by atoms with E-state index in [0.29, 0.717) is 17.2 Å². The van der Waals surface area contributed by atoms with Gasteiger partial charge in [0, 0.05) is 3.57 Å². The molecule has 0 aliphatic carbocycles. The monoisotopic (exact) mass is 385 g/mol. The van der Waals surface area contributed by atoms with E-state index >= 15 is 0 Å². The van der Waals surface area contributed by atoms with Crippen molar-refractivity contribution in [2.24, 2.45) is 0 Å². The Morgan fingerprint density at radius 1 is 1.42 bits per heavy atom. The molecule has 0 spiro atoms. The molecule has 0 aliphatic rings. The summed E-state index contributed by atoms with van der Waals surface area (Å²) in [6.07, 6.45) is 0. The summed E-state index contributed by atoms with van der Waals surface area (Å²) in [5.41, 5.74) is 3.03. The third kappa shape index (κ3) is 2.34. The van der Waals surface area contributed by atoms with Crippen LogP contribution in [0, 0.1) is 22.2 Å². The van der Waals surface area contributed by atoms with Crippen LogP contribution in [0.5, 0.6) is 0 Å². The SMILES string of the molecule is Cc1nc(Cn2c(=S)[nH]c3cc(I)ccc32)oc1C. The van der Waals surface area contributed by atoms with Crippen LogP contribution in [0.15, 0.2) is 22.6 Å². The minimum absolute atomic E-state index is 0.550. The Labute approximate surface area is 129 Å². The van der Waals surface area contributed by atoms with Crippen molar-refractivity contribution in [3.8, 4) is 0 Å². The third-order valence-electron chi connectivity index (χ3n) is 3.10. The van der Waals surface area contributed by atoms with E-state index in [4.69, 9.17) is 16.6 Å². The van der Waals surface area contributed by atoms with Gasteiger partial charge in [-0.1, -0.05) is 0 Å². The van der Waals surface area contributed by atoms with Crippen molar-refractivity contribution in [3.63, 3.8) is 0 Å². The Morgan fingerprint density at radius 3 is 2.89 bits per heavy atom. The molecule has 0 saturated carbocycles. The standard InChI is InChI=1S/C13H12IN3OS/c1-7-8(2)18-12(15-7)6-17-11-4-3-9(14)5-10(11)16-13(17)19/h3-5H,6H2,1-2H3,(H,16,19). The molecule has 19 heavy (non-hydrogen) atoms. The fourth-order valence-electron chi connectivity index (χ4n) is 2.03. The second kappa shape index (κ2) is 4.75. The summed E-state index contributed by atoms with van der Waals surface area (Å²) < 4.78 is 9.49. The maximum atomic E-state index is 5.62. The van der Waals surface area contributed by atoms with Crippen molar-refractivity contribution in [1.82, 2.24) is 14.5 Å². The highest BCUT2D eigenvalue weighted by Crippen LogP contribution is 2.19. The average Bonchev–Trinajstić information content (AvgIpc) is 2.81.